The lowest BCUT2D eigenvalue weighted by atomic mass is 10.4. The molecule has 3 N–H and O–H groups in total. The Morgan fingerprint density at radius 3 is 3.00 bits per heavy atom. The minimum absolute atomic E-state index is 0.0317. The van der Waals surface area contributed by atoms with Crippen LogP contribution in [0.1, 0.15) is 13.3 Å². The number of aliphatic hydroxyl groups excluding tert-OH is 1. The summed E-state index contributed by atoms with van der Waals surface area (Å²) in [4.78, 5) is 22.2. The summed E-state index contributed by atoms with van der Waals surface area (Å²) in [6.45, 7) is 1.17. The van der Waals surface area contributed by atoms with Gasteiger partial charge in [-0.3, -0.25) is 9.36 Å². The SMILES string of the molecule is CCC(=O)OCC(CO)OCn1cnc2c(F)nc(N)nc21. The Morgan fingerprint density at radius 1 is 1.55 bits per heavy atom. The van der Waals surface area contributed by atoms with E-state index in [-0.39, 0.29) is 43.5 Å². The van der Waals surface area contributed by atoms with Gasteiger partial charge in [0.05, 0.1) is 12.9 Å². The van der Waals surface area contributed by atoms with Crippen LogP contribution in [0.15, 0.2) is 6.33 Å². The first-order valence-corrected chi connectivity index (χ1v) is 6.57. The number of fused-ring (bicyclic) bond motifs is 1. The molecule has 1 atom stereocenters. The van der Waals surface area contributed by atoms with Gasteiger partial charge < -0.3 is 20.3 Å². The molecule has 0 bridgehead atoms. The van der Waals surface area contributed by atoms with Crippen molar-refractivity contribution >= 4 is 23.1 Å². The maximum absolute atomic E-state index is 13.5. The second-order valence-corrected chi connectivity index (χ2v) is 4.40. The number of imidazole rings is 1. The van der Waals surface area contributed by atoms with Crippen molar-refractivity contribution in [3.05, 3.63) is 12.3 Å². The molecule has 2 rings (SSSR count). The number of nitrogen functional groups attached to an aromatic ring is 1. The maximum atomic E-state index is 13.5. The van der Waals surface area contributed by atoms with Gasteiger partial charge in [0.2, 0.25) is 11.9 Å². The number of hydrogen-bond donors (Lipinski definition) is 2. The highest BCUT2D eigenvalue weighted by Gasteiger charge is 2.15. The topological polar surface area (TPSA) is 125 Å². The number of hydrogen-bond acceptors (Lipinski definition) is 8. The number of aromatic nitrogens is 4. The number of aliphatic hydroxyl groups is 1. The molecule has 0 amide bonds. The van der Waals surface area contributed by atoms with E-state index in [1.54, 1.807) is 6.92 Å². The molecule has 10 heteroatoms. The zero-order chi connectivity index (χ0) is 16.1. The fourth-order valence-corrected chi connectivity index (χ4v) is 1.65. The molecule has 0 fully saturated rings. The van der Waals surface area contributed by atoms with Crippen LogP contribution in [0.25, 0.3) is 11.2 Å². The van der Waals surface area contributed by atoms with Gasteiger partial charge in [0.25, 0.3) is 0 Å². The average molecular weight is 313 g/mol. The second-order valence-electron chi connectivity index (χ2n) is 4.40. The van der Waals surface area contributed by atoms with E-state index >= 15 is 0 Å². The van der Waals surface area contributed by atoms with E-state index in [9.17, 15) is 14.3 Å². The van der Waals surface area contributed by atoms with Gasteiger partial charge in [0, 0.05) is 6.42 Å². The first kappa shape index (κ1) is 16.0. The zero-order valence-corrected chi connectivity index (χ0v) is 11.9. The molecule has 0 saturated carbocycles. The van der Waals surface area contributed by atoms with Crippen molar-refractivity contribution in [3.8, 4) is 0 Å². The Labute approximate surface area is 124 Å². The standard InChI is InChI=1S/C12H16FN5O4/c1-2-8(20)21-4-7(3-19)22-6-18-5-15-9-10(13)16-12(14)17-11(9)18/h5,7,19H,2-4,6H2,1H3,(H2,14,16,17). The molecule has 0 saturated heterocycles. The molecule has 0 aliphatic carbocycles. The minimum atomic E-state index is -0.822. The quantitative estimate of drug-likeness (QED) is 0.533. The molecule has 22 heavy (non-hydrogen) atoms. The van der Waals surface area contributed by atoms with Crippen molar-refractivity contribution in [3.63, 3.8) is 0 Å². The molecular weight excluding hydrogens is 297 g/mol. The fourth-order valence-electron chi connectivity index (χ4n) is 1.65. The Hall–Kier alpha value is -2.33. The number of halogens is 1. The van der Waals surface area contributed by atoms with Crippen LogP contribution < -0.4 is 5.73 Å². The number of esters is 1. The number of nitrogens with two attached hydrogens (primary N) is 1. The Balaban J connectivity index is 2.03. The van der Waals surface area contributed by atoms with Crippen LogP contribution in [0.4, 0.5) is 10.3 Å². The minimum Gasteiger partial charge on any atom is -0.463 e. The third-order valence-electron chi connectivity index (χ3n) is 2.81. The van der Waals surface area contributed by atoms with E-state index in [1.807, 2.05) is 0 Å². The molecule has 2 aromatic rings. The van der Waals surface area contributed by atoms with E-state index in [4.69, 9.17) is 15.2 Å². The molecule has 1 unspecified atom stereocenters. The predicted octanol–water partition coefficient (Wildman–Crippen LogP) is -0.164. The van der Waals surface area contributed by atoms with Gasteiger partial charge in [-0.15, -0.1) is 0 Å². The average Bonchev–Trinajstić information content (AvgIpc) is 2.90. The van der Waals surface area contributed by atoms with Gasteiger partial charge in [-0.1, -0.05) is 6.92 Å². The summed E-state index contributed by atoms with van der Waals surface area (Å²) in [5.41, 5.74) is 5.53. The fraction of sp³-hybridized carbons (Fsp3) is 0.500. The van der Waals surface area contributed by atoms with Crippen LogP contribution in [0.5, 0.6) is 0 Å². The highest BCUT2D eigenvalue weighted by atomic mass is 19.1. The summed E-state index contributed by atoms with van der Waals surface area (Å²) >= 11 is 0. The van der Waals surface area contributed by atoms with Gasteiger partial charge in [-0.05, 0) is 0 Å². The molecule has 0 spiro atoms. The molecular formula is C12H16FN5O4. The van der Waals surface area contributed by atoms with Crippen LogP contribution in [0, 0.1) is 5.95 Å². The molecule has 0 aliphatic rings. The molecule has 2 heterocycles. The highest BCUT2D eigenvalue weighted by Crippen LogP contribution is 2.14. The molecule has 0 aliphatic heterocycles. The Morgan fingerprint density at radius 2 is 2.32 bits per heavy atom. The largest absolute Gasteiger partial charge is 0.463 e. The number of carbonyl (C=O) groups is 1. The van der Waals surface area contributed by atoms with Gasteiger partial charge >= 0.3 is 5.97 Å². The van der Waals surface area contributed by atoms with Crippen molar-refractivity contribution < 1.29 is 23.8 Å². The van der Waals surface area contributed by atoms with Crippen LogP contribution in [-0.2, 0) is 21.0 Å². The van der Waals surface area contributed by atoms with Crippen molar-refractivity contribution in [2.45, 2.75) is 26.2 Å². The number of nitrogens with zero attached hydrogens (tertiary/aromatic N) is 4. The summed E-state index contributed by atoms with van der Waals surface area (Å²) in [5, 5.41) is 9.19. The highest BCUT2D eigenvalue weighted by molar-refractivity contribution is 5.71. The monoisotopic (exact) mass is 313 g/mol. The van der Waals surface area contributed by atoms with E-state index in [0.717, 1.165) is 0 Å². The normalized spacial score (nSPS) is 12.5. The van der Waals surface area contributed by atoms with Crippen LogP contribution >= 0.6 is 0 Å². The van der Waals surface area contributed by atoms with Crippen molar-refractivity contribution in [1.29, 1.82) is 0 Å². The zero-order valence-electron chi connectivity index (χ0n) is 11.9. The summed E-state index contributed by atoms with van der Waals surface area (Å²) in [6, 6.07) is 0. The van der Waals surface area contributed by atoms with Gasteiger partial charge in [0.1, 0.15) is 19.4 Å². The van der Waals surface area contributed by atoms with E-state index in [0.29, 0.717) is 0 Å². The molecule has 0 radical (unpaired) electrons. The Bertz CT molecular complexity index is 662. The van der Waals surface area contributed by atoms with Gasteiger partial charge in [-0.2, -0.15) is 14.4 Å². The first-order valence-electron chi connectivity index (χ1n) is 6.57. The summed E-state index contributed by atoms with van der Waals surface area (Å²) in [6.07, 6.45) is 0.839. The molecule has 9 nitrogen and oxygen atoms in total. The summed E-state index contributed by atoms with van der Waals surface area (Å²) in [5.74, 6) is -1.43. The van der Waals surface area contributed by atoms with E-state index in [2.05, 4.69) is 15.0 Å². The first-order chi connectivity index (χ1) is 10.5. The lowest BCUT2D eigenvalue weighted by Crippen LogP contribution is -2.26. The van der Waals surface area contributed by atoms with E-state index in [1.165, 1.54) is 10.9 Å². The summed E-state index contributed by atoms with van der Waals surface area (Å²) in [7, 11) is 0. The number of anilines is 1. The van der Waals surface area contributed by atoms with Crippen molar-refractivity contribution in [1.82, 2.24) is 19.5 Å². The van der Waals surface area contributed by atoms with Crippen LogP contribution in [-0.4, -0.2) is 49.9 Å². The van der Waals surface area contributed by atoms with Gasteiger partial charge in [0.15, 0.2) is 11.2 Å². The smallest absolute Gasteiger partial charge is 0.305 e. The Kier molecular flexibility index (Phi) is 5.17. The number of rotatable bonds is 7. The van der Waals surface area contributed by atoms with Crippen molar-refractivity contribution in [2.75, 3.05) is 18.9 Å². The molecule has 120 valence electrons. The molecule has 0 aromatic carbocycles. The van der Waals surface area contributed by atoms with Crippen LogP contribution in [0.3, 0.4) is 0 Å². The summed E-state index contributed by atoms with van der Waals surface area (Å²) < 4.78 is 25.2. The predicted molar refractivity (Wildman–Crippen MR) is 72.9 cm³/mol. The number of ether oxygens (including phenoxy) is 2. The maximum Gasteiger partial charge on any atom is 0.305 e. The van der Waals surface area contributed by atoms with Crippen LogP contribution in [0.2, 0.25) is 0 Å². The lowest BCUT2D eigenvalue weighted by molar-refractivity contribution is -0.150. The van der Waals surface area contributed by atoms with Crippen molar-refractivity contribution in [2.24, 2.45) is 0 Å². The van der Waals surface area contributed by atoms with E-state index < -0.39 is 18.0 Å². The number of carbonyl (C=O) groups excluding carboxylic acids is 1. The third kappa shape index (κ3) is 3.65. The lowest BCUT2D eigenvalue weighted by Gasteiger charge is -2.15. The third-order valence-corrected chi connectivity index (χ3v) is 2.81. The second kappa shape index (κ2) is 7.09. The van der Waals surface area contributed by atoms with Gasteiger partial charge in [-0.25, -0.2) is 4.98 Å². The molecule has 2 aromatic heterocycles.